The van der Waals surface area contributed by atoms with Gasteiger partial charge in [-0.1, -0.05) is 0 Å². The van der Waals surface area contributed by atoms with Crippen LogP contribution in [0.25, 0.3) is 6.08 Å². The number of nitrogens with one attached hydrogen (secondary N) is 1. The molecule has 0 spiro atoms. The lowest BCUT2D eigenvalue weighted by Crippen LogP contribution is -2.24. The zero-order valence-electron chi connectivity index (χ0n) is 11.2. The van der Waals surface area contributed by atoms with E-state index in [1.54, 1.807) is 25.4 Å². The Bertz CT molecular complexity index is 592. The van der Waals surface area contributed by atoms with Gasteiger partial charge in [-0.05, 0) is 25.0 Å². The van der Waals surface area contributed by atoms with Crippen molar-refractivity contribution in [3.8, 4) is 0 Å². The SMILES string of the molecule is CN1C(=O)NC(=O)/C1=C\c1ccnc(N2CCCC2)n1. The first kappa shape index (κ1) is 12.6. The molecule has 3 heterocycles. The molecule has 1 aromatic heterocycles. The van der Waals surface area contributed by atoms with Crippen molar-refractivity contribution in [2.75, 3.05) is 25.0 Å². The number of hydrogen-bond acceptors (Lipinski definition) is 5. The highest BCUT2D eigenvalue weighted by Gasteiger charge is 2.29. The molecule has 2 aliphatic heterocycles. The number of amides is 3. The van der Waals surface area contributed by atoms with Gasteiger partial charge in [0.05, 0.1) is 5.69 Å². The van der Waals surface area contributed by atoms with E-state index < -0.39 is 11.9 Å². The second-order valence-corrected chi connectivity index (χ2v) is 4.82. The van der Waals surface area contributed by atoms with E-state index in [9.17, 15) is 9.59 Å². The fraction of sp³-hybridized carbons (Fsp3) is 0.385. The minimum atomic E-state index is -0.421. The summed E-state index contributed by atoms with van der Waals surface area (Å²) in [5.41, 5.74) is 0.912. The number of imide groups is 1. The van der Waals surface area contributed by atoms with Crippen LogP contribution >= 0.6 is 0 Å². The van der Waals surface area contributed by atoms with Gasteiger partial charge in [-0.25, -0.2) is 14.8 Å². The number of urea groups is 1. The lowest BCUT2D eigenvalue weighted by Gasteiger charge is -2.14. The monoisotopic (exact) mass is 273 g/mol. The second-order valence-electron chi connectivity index (χ2n) is 4.82. The van der Waals surface area contributed by atoms with Crippen molar-refractivity contribution < 1.29 is 9.59 Å². The van der Waals surface area contributed by atoms with E-state index in [1.807, 2.05) is 0 Å². The normalized spacial score (nSPS) is 20.9. The molecule has 0 atom stereocenters. The van der Waals surface area contributed by atoms with Crippen LogP contribution < -0.4 is 10.2 Å². The summed E-state index contributed by atoms with van der Waals surface area (Å²) in [5.74, 6) is 0.267. The van der Waals surface area contributed by atoms with Crippen LogP contribution in [-0.2, 0) is 4.79 Å². The Morgan fingerprint density at radius 1 is 1.30 bits per heavy atom. The molecule has 0 saturated carbocycles. The summed E-state index contributed by atoms with van der Waals surface area (Å²) < 4.78 is 0. The quantitative estimate of drug-likeness (QED) is 0.630. The van der Waals surface area contributed by atoms with Crippen LogP contribution in [0.1, 0.15) is 18.5 Å². The number of carbonyl (C=O) groups excluding carboxylic acids is 2. The summed E-state index contributed by atoms with van der Waals surface area (Å²) in [4.78, 5) is 35.1. The average Bonchev–Trinajstić information content (AvgIpc) is 3.05. The van der Waals surface area contributed by atoms with Crippen LogP contribution in [0.4, 0.5) is 10.7 Å². The Balaban J connectivity index is 1.89. The van der Waals surface area contributed by atoms with Crippen LogP contribution in [0.15, 0.2) is 18.0 Å². The Hall–Kier alpha value is -2.44. The molecule has 104 valence electrons. The van der Waals surface area contributed by atoms with Crippen LogP contribution in [0, 0.1) is 0 Å². The summed E-state index contributed by atoms with van der Waals surface area (Å²) in [5, 5.41) is 2.23. The summed E-state index contributed by atoms with van der Waals surface area (Å²) in [6, 6.07) is 1.30. The largest absolute Gasteiger partial charge is 0.341 e. The topological polar surface area (TPSA) is 78.4 Å². The van der Waals surface area contributed by atoms with Gasteiger partial charge in [0.15, 0.2) is 0 Å². The zero-order chi connectivity index (χ0) is 14.1. The molecule has 1 aromatic rings. The highest BCUT2D eigenvalue weighted by Crippen LogP contribution is 2.18. The number of hydrogen-bond donors (Lipinski definition) is 1. The van der Waals surface area contributed by atoms with E-state index in [0.717, 1.165) is 25.9 Å². The van der Waals surface area contributed by atoms with E-state index in [1.165, 1.54) is 4.90 Å². The average molecular weight is 273 g/mol. The van der Waals surface area contributed by atoms with Crippen LogP contribution in [0.3, 0.4) is 0 Å². The first-order valence-corrected chi connectivity index (χ1v) is 6.54. The minimum Gasteiger partial charge on any atom is -0.341 e. The van der Waals surface area contributed by atoms with Gasteiger partial charge in [-0.3, -0.25) is 15.0 Å². The summed E-state index contributed by atoms with van der Waals surface area (Å²) in [7, 11) is 1.55. The maximum Gasteiger partial charge on any atom is 0.328 e. The van der Waals surface area contributed by atoms with Crippen molar-refractivity contribution in [3.05, 3.63) is 23.7 Å². The number of likely N-dealkylation sites (N-methyl/N-ethyl adjacent to an activating group) is 1. The first-order chi connectivity index (χ1) is 9.65. The van der Waals surface area contributed by atoms with E-state index >= 15 is 0 Å². The number of nitrogens with zero attached hydrogens (tertiary/aromatic N) is 4. The first-order valence-electron chi connectivity index (χ1n) is 6.54. The molecule has 1 N–H and O–H groups in total. The van der Waals surface area contributed by atoms with Crippen LogP contribution in [0.2, 0.25) is 0 Å². The van der Waals surface area contributed by atoms with Crippen molar-refractivity contribution in [1.29, 1.82) is 0 Å². The van der Waals surface area contributed by atoms with Gasteiger partial charge in [0.2, 0.25) is 5.95 Å². The highest BCUT2D eigenvalue weighted by atomic mass is 16.2. The molecular weight excluding hydrogens is 258 g/mol. The van der Waals surface area contributed by atoms with Gasteiger partial charge in [0.1, 0.15) is 5.70 Å². The van der Waals surface area contributed by atoms with Gasteiger partial charge < -0.3 is 4.90 Å². The number of anilines is 1. The second kappa shape index (κ2) is 4.92. The molecule has 20 heavy (non-hydrogen) atoms. The molecule has 3 amide bonds. The predicted molar refractivity (Wildman–Crippen MR) is 72.8 cm³/mol. The Kier molecular flexibility index (Phi) is 3.09. The van der Waals surface area contributed by atoms with Gasteiger partial charge in [0.25, 0.3) is 5.91 Å². The minimum absolute atomic E-state index is 0.293. The molecule has 3 rings (SSSR count). The van der Waals surface area contributed by atoms with E-state index in [0.29, 0.717) is 17.3 Å². The zero-order valence-corrected chi connectivity index (χ0v) is 11.2. The van der Waals surface area contributed by atoms with E-state index in [2.05, 4.69) is 20.2 Å². The van der Waals surface area contributed by atoms with Crippen molar-refractivity contribution in [2.45, 2.75) is 12.8 Å². The summed E-state index contributed by atoms with van der Waals surface area (Å²) in [6.45, 7) is 1.91. The maximum absolute atomic E-state index is 11.6. The molecule has 2 fully saturated rings. The van der Waals surface area contributed by atoms with Crippen molar-refractivity contribution in [2.24, 2.45) is 0 Å². The Morgan fingerprint density at radius 2 is 2.05 bits per heavy atom. The van der Waals surface area contributed by atoms with Crippen molar-refractivity contribution in [3.63, 3.8) is 0 Å². The van der Waals surface area contributed by atoms with Gasteiger partial charge in [-0.2, -0.15) is 0 Å². The van der Waals surface area contributed by atoms with Crippen molar-refractivity contribution >= 4 is 24.0 Å². The molecular formula is C13H15N5O2. The standard InChI is InChI=1S/C13H15N5O2/c1-17-10(11(19)16-13(17)20)8-9-4-5-14-12(15-9)18-6-2-3-7-18/h4-5,8H,2-3,6-7H2,1H3,(H,16,19,20)/b10-8+. The number of aromatic nitrogens is 2. The van der Waals surface area contributed by atoms with Gasteiger partial charge >= 0.3 is 6.03 Å². The molecule has 0 aromatic carbocycles. The molecule has 7 nitrogen and oxygen atoms in total. The third-order valence-corrected chi connectivity index (χ3v) is 3.46. The molecule has 2 saturated heterocycles. The third kappa shape index (κ3) is 2.22. The van der Waals surface area contributed by atoms with Crippen molar-refractivity contribution in [1.82, 2.24) is 20.2 Å². The molecule has 0 aliphatic carbocycles. The molecule has 0 radical (unpaired) electrons. The Morgan fingerprint density at radius 3 is 2.70 bits per heavy atom. The molecule has 2 aliphatic rings. The number of carbonyl (C=O) groups is 2. The summed E-state index contributed by atoms with van der Waals surface area (Å²) in [6.07, 6.45) is 5.56. The molecule has 7 heteroatoms. The van der Waals surface area contributed by atoms with E-state index in [4.69, 9.17) is 0 Å². The van der Waals surface area contributed by atoms with Gasteiger partial charge in [-0.15, -0.1) is 0 Å². The fourth-order valence-corrected chi connectivity index (χ4v) is 2.32. The molecule has 0 unspecified atom stereocenters. The van der Waals surface area contributed by atoms with E-state index in [-0.39, 0.29) is 0 Å². The molecule has 0 bridgehead atoms. The smallest absolute Gasteiger partial charge is 0.328 e. The van der Waals surface area contributed by atoms with Gasteiger partial charge in [0, 0.05) is 26.3 Å². The lowest BCUT2D eigenvalue weighted by atomic mass is 10.3. The lowest BCUT2D eigenvalue weighted by molar-refractivity contribution is -0.115. The summed E-state index contributed by atoms with van der Waals surface area (Å²) >= 11 is 0. The van der Waals surface area contributed by atoms with Crippen LogP contribution in [-0.4, -0.2) is 46.9 Å². The predicted octanol–water partition coefficient (Wildman–Crippen LogP) is 0.599. The third-order valence-electron chi connectivity index (χ3n) is 3.46. The number of rotatable bonds is 2. The highest BCUT2D eigenvalue weighted by molar-refractivity contribution is 6.13. The fourth-order valence-electron chi connectivity index (χ4n) is 2.32. The van der Waals surface area contributed by atoms with Crippen LogP contribution in [0.5, 0.6) is 0 Å². The Labute approximate surface area is 116 Å². The maximum atomic E-state index is 11.6.